The van der Waals surface area contributed by atoms with Crippen molar-refractivity contribution >= 4 is 17.9 Å². The Morgan fingerprint density at radius 2 is 2.05 bits per heavy atom. The number of β-amino-alcohol motifs (C(OH)–C–C–N with tert-alkyl or cyclic N) is 1. The smallest absolute Gasteiger partial charge is 0.326 e. The van der Waals surface area contributed by atoms with Crippen LogP contribution in [0.3, 0.4) is 0 Å². The van der Waals surface area contributed by atoms with Crippen LogP contribution >= 0.6 is 0 Å². The molecule has 8 heteroatoms. The van der Waals surface area contributed by atoms with Crippen LogP contribution in [0.1, 0.15) is 13.3 Å². The van der Waals surface area contributed by atoms with Crippen LogP contribution < -0.4 is 5.32 Å². The minimum absolute atomic E-state index is 0.00999. The number of carboxylic acids is 1. The number of carbonyl (C=O) groups excluding carboxylic acids is 2. The molecule has 0 aromatic carbocycles. The predicted octanol–water partition coefficient (Wildman–Crippen LogP) is -1.31. The van der Waals surface area contributed by atoms with Crippen molar-refractivity contribution in [2.75, 3.05) is 26.7 Å². The Bertz CT molecular complexity index is 373. The molecule has 3 amide bonds. The van der Waals surface area contributed by atoms with Gasteiger partial charge >= 0.3 is 12.0 Å². The van der Waals surface area contributed by atoms with E-state index in [1.165, 1.54) is 7.05 Å². The Labute approximate surface area is 111 Å². The van der Waals surface area contributed by atoms with Crippen LogP contribution in [0.25, 0.3) is 0 Å². The summed E-state index contributed by atoms with van der Waals surface area (Å²) in [6.07, 6.45) is -0.835. The van der Waals surface area contributed by atoms with E-state index in [2.05, 4.69) is 5.32 Å². The molecule has 1 heterocycles. The zero-order valence-corrected chi connectivity index (χ0v) is 11.0. The SMILES string of the molecule is CCNC(=O)CN(C)C(=O)N1C[C@H](O)C[C@@H]1C(=O)O. The molecule has 0 aliphatic carbocycles. The summed E-state index contributed by atoms with van der Waals surface area (Å²) in [5.41, 5.74) is 0. The highest BCUT2D eigenvalue weighted by Crippen LogP contribution is 2.19. The number of likely N-dealkylation sites (tertiary alicyclic amines) is 1. The maximum Gasteiger partial charge on any atom is 0.326 e. The largest absolute Gasteiger partial charge is 0.480 e. The monoisotopic (exact) mass is 273 g/mol. The van der Waals surface area contributed by atoms with Crippen LogP contribution in [0.5, 0.6) is 0 Å². The molecule has 1 fully saturated rings. The maximum absolute atomic E-state index is 12.0. The molecule has 2 atom stereocenters. The van der Waals surface area contributed by atoms with Crippen molar-refractivity contribution in [1.29, 1.82) is 0 Å². The number of aliphatic carboxylic acids is 1. The number of nitrogens with one attached hydrogen (secondary N) is 1. The van der Waals surface area contributed by atoms with Crippen molar-refractivity contribution in [3.8, 4) is 0 Å². The van der Waals surface area contributed by atoms with E-state index in [1.807, 2.05) is 0 Å². The van der Waals surface area contributed by atoms with E-state index in [4.69, 9.17) is 5.11 Å². The van der Waals surface area contributed by atoms with E-state index >= 15 is 0 Å². The topological polar surface area (TPSA) is 110 Å². The van der Waals surface area contributed by atoms with Crippen LogP contribution in [-0.2, 0) is 9.59 Å². The lowest BCUT2D eigenvalue weighted by atomic mass is 10.2. The molecule has 0 bridgehead atoms. The number of carboxylic acid groups (broad SMARTS) is 1. The Hall–Kier alpha value is -1.83. The molecular formula is C11H19N3O5. The average molecular weight is 273 g/mol. The second kappa shape index (κ2) is 6.37. The summed E-state index contributed by atoms with van der Waals surface area (Å²) >= 11 is 0. The summed E-state index contributed by atoms with van der Waals surface area (Å²) in [6, 6.07) is -1.62. The summed E-state index contributed by atoms with van der Waals surface area (Å²) in [7, 11) is 1.42. The average Bonchev–Trinajstić information content (AvgIpc) is 2.70. The van der Waals surface area contributed by atoms with Gasteiger partial charge in [-0.3, -0.25) is 4.79 Å². The first-order valence-corrected chi connectivity index (χ1v) is 6.06. The van der Waals surface area contributed by atoms with E-state index in [-0.39, 0.29) is 25.4 Å². The molecule has 1 aliphatic rings. The molecule has 0 aromatic heterocycles. The third kappa shape index (κ3) is 3.82. The molecule has 0 saturated carbocycles. The van der Waals surface area contributed by atoms with Crippen molar-refractivity contribution in [1.82, 2.24) is 15.1 Å². The summed E-state index contributed by atoms with van der Waals surface area (Å²) < 4.78 is 0. The Kier molecular flexibility index (Phi) is 5.11. The highest BCUT2D eigenvalue weighted by atomic mass is 16.4. The van der Waals surface area contributed by atoms with Gasteiger partial charge in [0.25, 0.3) is 0 Å². The zero-order chi connectivity index (χ0) is 14.6. The first kappa shape index (κ1) is 15.2. The summed E-state index contributed by atoms with van der Waals surface area (Å²) in [4.78, 5) is 36.6. The molecule has 1 rings (SSSR count). The zero-order valence-electron chi connectivity index (χ0n) is 11.0. The third-order valence-electron chi connectivity index (χ3n) is 2.89. The van der Waals surface area contributed by atoms with Crippen LogP contribution in [0.15, 0.2) is 0 Å². The number of hydrogen-bond acceptors (Lipinski definition) is 4. The first-order valence-electron chi connectivity index (χ1n) is 6.06. The van der Waals surface area contributed by atoms with Gasteiger partial charge in [-0.2, -0.15) is 0 Å². The Balaban J connectivity index is 2.65. The molecule has 0 radical (unpaired) electrons. The van der Waals surface area contributed by atoms with Crippen molar-refractivity contribution in [3.63, 3.8) is 0 Å². The van der Waals surface area contributed by atoms with Gasteiger partial charge in [0, 0.05) is 26.6 Å². The Morgan fingerprint density at radius 1 is 1.42 bits per heavy atom. The van der Waals surface area contributed by atoms with Gasteiger partial charge in [-0.05, 0) is 6.92 Å². The fraction of sp³-hybridized carbons (Fsp3) is 0.727. The molecule has 3 N–H and O–H groups in total. The van der Waals surface area contributed by atoms with Gasteiger partial charge in [0.05, 0.1) is 6.10 Å². The maximum atomic E-state index is 12.0. The summed E-state index contributed by atoms with van der Waals surface area (Å²) in [5.74, 6) is -1.47. The fourth-order valence-corrected chi connectivity index (χ4v) is 2.01. The molecule has 1 saturated heterocycles. The van der Waals surface area contributed by atoms with E-state index < -0.39 is 24.1 Å². The summed E-state index contributed by atoms with van der Waals surface area (Å²) in [6.45, 7) is 2.04. The minimum atomic E-state index is -1.16. The molecule has 19 heavy (non-hydrogen) atoms. The molecular weight excluding hydrogens is 254 g/mol. The lowest BCUT2D eigenvalue weighted by molar-refractivity contribution is -0.141. The van der Waals surface area contributed by atoms with Crippen LogP contribution in [0.4, 0.5) is 4.79 Å². The highest BCUT2D eigenvalue weighted by molar-refractivity contribution is 5.87. The van der Waals surface area contributed by atoms with Crippen molar-refractivity contribution in [3.05, 3.63) is 0 Å². The number of likely N-dealkylation sites (N-methyl/N-ethyl adjacent to an activating group) is 2. The van der Waals surface area contributed by atoms with Crippen LogP contribution in [0.2, 0.25) is 0 Å². The van der Waals surface area contributed by atoms with Crippen molar-refractivity contribution in [2.24, 2.45) is 0 Å². The molecule has 108 valence electrons. The van der Waals surface area contributed by atoms with Gasteiger partial charge in [0.1, 0.15) is 12.6 Å². The number of urea groups is 1. The van der Waals surface area contributed by atoms with Crippen LogP contribution in [0, 0.1) is 0 Å². The number of aliphatic hydroxyl groups is 1. The van der Waals surface area contributed by atoms with Gasteiger partial charge in [-0.1, -0.05) is 0 Å². The number of amides is 3. The Morgan fingerprint density at radius 3 is 2.58 bits per heavy atom. The number of hydrogen-bond donors (Lipinski definition) is 3. The second-order valence-electron chi connectivity index (χ2n) is 4.49. The molecule has 8 nitrogen and oxygen atoms in total. The third-order valence-corrected chi connectivity index (χ3v) is 2.89. The van der Waals surface area contributed by atoms with E-state index in [1.54, 1.807) is 6.92 Å². The standard InChI is InChI=1S/C11H19N3O5/c1-3-12-9(16)6-13(2)11(19)14-5-7(15)4-8(14)10(17)18/h7-8,15H,3-6H2,1-2H3,(H,12,16)(H,17,18)/t7-,8-/m1/s1. The lowest BCUT2D eigenvalue weighted by Gasteiger charge is -2.27. The van der Waals surface area contributed by atoms with Gasteiger partial charge in [-0.15, -0.1) is 0 Å². The fourth-order valence-electron chi connectivity index (χ4n) is 2.01. The van der Waals surface area contributed by atoms with E-state index in [0.717, 1.165) is 9.80 Å². The van der Waals surface area contributed by atoms with Gasteiger partial charge < -0.3 is 25.3 Å². The number of carbonyl (C=O) groups is 3. The normalized spacial score (nSPS) is 22.2. The van der Waals surface area contributed by atoms with Gasteiger partial charge in [-0.25, -0.2) is 9.59 Å². The summed E-state index contributed by atoms with van der Waals surface area (Å²) in [5, 5.41) is 21.0. The lowest BCUT2D eigenvalue weighted by Crippen LogP contribution is -2.49. The minimum Gasteiger partial charge on any atom is -0.480 e. The molecule has 1 aliphatic heterocycles. The van der Waals surface area contributed by atoms with Gasteiger partial charge in [0.2, 0.25) is 5.91 Å². The first-order chi connectivity index (χ1) is 8.86. The van der Waals surface area contributed by atoms with Crippen molar-refractivity contribution < 1.29 is 24.6 Å². The van der Waals surface area contributed by atoms with Gasteiger partial charge in [0.15, 0.2) is 0 Å². The quantitative estimate of drug-likeness (QED) is 0.589. The van der Waals surface area contributed by atoms with Crippen LogP contribution in [-0.4, -0.2) is 76.7 Å². The van der Waals surface area contributed by atoms with Crippen molar-refractivity contribution in [2.45, 2.75) is 25.5 Å². The number of aliphatic hydroxyl groups excluding tert-OH is 1. The predicted molar refractivity (Wildman–Crippen MR) is 65.5 cm³/mol. The molecule has 0 aromatic rings. The number of rotatable bonds is 4. The number of nitrogens with zero attached hydrogens (tertiary/aromatic N) is 2. The second-order valence-corrected chi connectivity index (χ2v) is 4.49. The van der Waals surface area contributed by atoms with E-state index in [0.29, 0.717) is 6.54 Å². The molecule has 0 unspecified atom stereocenters. The highest BCUT2D eigenvalue weighted by Gasteiger charge is 2.40. The molecule has 0 spiro atoms. The van der Waals surface area contributed by atoms with E-state index in [9.17, 15) is 19.5 Å².